The minimum atomic E-state index is 0. The van der Waals surface area contributed by atoms with Crippen molar-refractivity contribution in [2.24, 2.45) is 10.8 Å². The van der Waals surface area contributed by atoms with Crippen LogP contribution in [0.25, 0.3) is 27.3 Å². The predicted octanol–water partition coefficient (Wildman–Crippen LogP) is 3.07. The van der Waals surface area contributed by atoms with Gasteiger partial charge in [0.2, 0.25) is 0 Å². The summed E-state index contributed by atoms with van der Waals surface area (Å²) in [5.74, 6) is 0. The third-order valence-electron chi connectivity index (χ3n) is 4.49. The van der Waals surface area contributed by atoms with Crippen LogP contribution in [0.1, 0.15) is 5.69 Å². The Balaban J connectivity index is 0.00000146. The zero-order chi connectivity index (χ0) is 15.6. The monoisotopic (exact) mass is 403 g/mol. The topological polar surface area (TPSA) is 59.8 Å². The van der Waals surface area contributed by atoms with Crippen LogP contribution in [0, 0.1) is 0 Å². The number of nitrogens with two attached hydrogens (primary N) is 1. The maximum Gasteiger partial charge on any atom is 0.163 e. The molecule has 0 saturated carbocycles. The number of para-hydroxylation sites is 1. The molecule has 4 aromatic rings. The Morgan fingerprint density at radius 2 is 2.04 bits per heavy atom. The van der Waals surface area contributed by atoms with Crippen LogP contribution in [0.3, 0.4) is 0 Å². The molecule has 0 amide bonds. The zero-order valence-electron chi connectivity index (χ0n) is 12.7. The highest BCUT2D eigenvalue weighted by Crippen LogP contribution is 2.28. The molecule has 0 unspecified atom stereocenters. The lowest BCUT2D eigenvalue weighted by molar-refractivity contribution is 0.659. The summed E-state index contributed by atoms with van der Waals surface area (Å²) >= 11 is 3.60. The smallest absolute Gasteiger partial charge is 0.163 e. The number of nitrogens with zero attached hydrogens (tertiary/aromatic N) is 3. The molecule has 0 fully saturated rings. The van der Waals surface area contributed by atoms with Crippen LogP contribution in [0.5, 0.6) is 0 Å². The van der Waals surface area contributed by atoms with Gasteiger partial charge in [0.25, 0.3) is 0 Å². The van der Waals surface area contributed by atoms with E-state index in [1.54, 1.807) is 0 Å². The van der Waals surface area contributed by atoms with Crippen LogP contribution in [0.15, 0.2) is 52.0 Å². The van der Waals surface area contributed by atoms with E-state index in [-0.39, 0.29) is 12.4 Å². The number of benzene rings is 2. The highest BCUT2D eigenvalue weighted by atomic mass is 79.9. The highest BCUT2D eigenvalue weighted by molar-refractivity contribution is 9.10. The van der Waals surface area contributed by atoms with E-state index in [1.807, 2.05) is 0 Å². The summed E-state index contributed by atoms with van der Waals surface area (Å²) in [6.07, 6.45) is 0. The second kappa shape index (κ2) is 5.51. The normalized spacial score (nSPS) is 12.9. The molecule has 1 aliphatic rings. The van der Waals surface area contributed by atoms with Gasteiger partial charge >= 0.3 is 0 Å². The second-order valence-electron chi connectivity index (χ2n) is 5.73. The van der Waals surface area contributed by atoms with Crippen molar-refractivity contribution in [2.75, 3.05) is 0 Å². The molecule has 7 heteroatoms. The summed E-state index contributed by atoms with van der Waals surface area (Å²) in [5.41, 5.74) is 14.6. The van der Waals surface area contributed by atoms with Gasteiger partial charge in [-0.15, -0.1) is 12.4 Å². The minimum Gasteiger partial charge on any atom is -0.325 e. The van der Waals surface area contributed by atoms with E-state index < -0.39 is 0 Å². The quantitative estimate of drug-likeness (QED) is 0.512. The van der Waals surface area contributed by atoms with Crippen LogP contribution >= 0.6 is 28.3 Å². The van der Waals surface area contributed by atoms with Crippen LogP contribution in [0.4, 0.5) is 0 Å². The first kappa shape index (κ1) is 15.5. The Morgan fingerprint density at radius 1 is 1.17 bits per heavy atom. The molecule has 3 heterocycles. The van der Waals surface area contributed by atoms with Crippen molar-refractivity contribution >= 4 is 55.7 Å². The fourth-order valence-corrected chi connectivity index (χ4v) is 3.89. The van der Waals surface area contributed by atoms with Gasteiger partial charge in [0.15, 0.2) is 5.49 Å². The fraction of sp³-hybridized carbons (Fsp3) is 0.118. The number of aromatic nitrogens is 2. The van der Waals surface area contributed by atoms with Crippen LogP contribution in [0.2, 0.25) is 0 Å². The molecule has 0 radical (unpaired) electrons. The maximum absolute atomic E-state index is 6.04. The van der Waals surface area contributed by atoms with E-state index in [0.717, 1.165) is 37.6 Å². The molecule has 122 valence electrons. The Hall–Kier alpha value is -2.02. The van der Waals surface area contributed by atoms with Gasteiger partial charge in [0, 0.05) is 27.5 Å². The van der Waals surface area contributed by atoms with Gasteiger partial charge < -0.3 is 14.7 Å². The van der Waals surface area contributed by atoms with E-state index in [4.69, 9.17) is 5.73 Å². The minimum absolute atomic E-state index is 0. The Labute approximate surface area is 152 Å². The summed E-state index contributed by atoms with van der Waals surface area (Å²) < 4.78 is 5.53. The number of rotatable bonds is 1. The van der Waals surface area contributed by atoms with Gasteiger partial charge in [-0.05, 0) is 30.3 Å². The van der Waals surface area contributed by atoms with E-state index in [9.17, 15) is 0 Å². The summed E-state index contributed by atoms with van der Waals surface area (Å²) in [7, 11) is 0. The SMILES string of the molecule is Cl.NCc1cc2cccc3c4n(c5ccc(Br)cc5n1c23)CNN=4. The zero-order valence-corrected chi connectivity index (χ0v) is 15.1. The molecule has 2 aromatic carbocycles. The molecule has 1 aliphatic heterocycles. The van der Waals surface area contributed by atoms with Crippen molar-refractivity contribution < 1.29 is 0 Å². The number of fused-ring (bicyclic) bond motifs is 5. The fourth-order valence-electron chi connectivity index (χ4n) is 3.55. The lowest BCUT2D eigenvalue weighted by atomic mass is 10.2. The molecule has 24 heavy (non-hydrogen) atoms. The third kappa shape index (κ3) is 1.94. The van der Waals surface area contributed by atoms with E-state index in [0.29, 0.717) is 13.2 Å². The average Bonchev–Trinajstić information content (AvgIpc) is 3.16. The molecular formula is C17H15BrClN5. The van der Waals surface area contributed by atoms with Crippen molar-refractivity contribution in [3.8, 4) is 0 Å². The molecule has 5 rings (SSSR count). The van der Waals surface area contributed by atoms with E-state index in [2.05, 4.69) is 77.9 Å². The van der Waals surface area contributed by atoms with E-state index in [1.165, 1.54) is 5.39 Å². The number of hydrogen-bond acceptors (Lipinski definition) is 3. The summed E-state index contributed by atoms with van der Waals surface area (Å²) in [5, 5.41) is 6.84. The molecule has 0 atom stereocenters. The molecule has 5 nitrogen and oxygen atoms in total. The van der Waals surface area contributed by atoms with Gasteiger partial charge in [-0.25, -0.2) is 0 Å². The summed E-state index contributed by atoms with van der Waals surface area (Å²) in [6, 6.07) is 14.8. The number of hydrogen-bond donors (Lipinski definition) is 2. The van der Waals surface area contributed by atoms with Crippen molar-refractivity contribution in [3.63, 3.8) is 0 Å². The number of halogens is 2. The average molecular weight is 405 g/mol. The van der Waals surface area contributed by atoms with Gasteiger partial charge in [-0.2, -0.15) is 5.10 Å². The lowest BCUT2D eigenvalue weighted by Gasteiger charge is -2.06. The van der Waals surface area contributed by atoms with Crippen LogP contribution < -0.4 is 16.6 Å². The van der Waals surface area contributed by atoms with Gasteiger partial charge in [-0.3, -0.25) is 5.43 Å². The molecule has 0 aliphatic carbocycles. The third-order valence-corrected chi connectivity index (χ3v) is 4.98. The standard InChI is InChI=1S/C17H14BrN5.ClH/c18-11-4-5-14-15(7-11)23-12(8-19)6-10-2-1-3-13(16(10)23)17-21-20-9-22(14)17;/h1-7,20H,8-9,19H2;1H. The van der Waals surface area contributed by atoms with Gasteiger partial charge in [-0.1, -0.05) is 28.1 Å². The van der Waals surface area contributed by atoms with Crippen molar-refractivity contribution in [1.29, 1.82) is 0 Å². The Morgan fingerprint density at radius 3 is 2.88 bits per heavy atom. The van der Waals surface area contributed by atoms with Crippen molar-refractivity contribution in [2.45, 2.75) is 13.2 Å². The molecular weight excluding hydrogens is 390 g/mol. The largest absolute Gasteiger partial charge is 0.325 e. The van der Waals surface area contributed by atoms with Crippen molar-refractivity contribution in [3.05, 3.63) is 58.1 Å². The van der Waals surface area contributed by atoms with E-state index >= 15 is 0 Å². The summed E-state index contributed by atoms with van der Waals surface area (Å²) in [6.45, 7) is 1.16. The number of nitrogens with one attached hydrogen (secondary N) is 1. The molecule has 3 N–H and O–H groups in total. The summed E-state index contributed by atoms with van der Waals surface area (Å²) in [4.78, 5) is 0. The van der Waals surface area contributed by atoms with Crippen LogP contribution in [-0.2, 0) is 13.2 Å². The Kier molecular flexibility index (Phi) is 3.56. The first-order valence-corrected chi connectivity index (χ1v) is 8.29. The molecule has 0 saturated heterocycles. The molecule has 0 spiro atoms. The first-order chi connectivity index (χ1) is 11.3. The molecule has 0 bridgehead atoms. The maximum atomic E-state index is 6.04. The molecule has 2 aromatic heterocycles. The lowest BCUT2D eigenvalue weighted by Crippen LogP contribution is -2.14. The van der Waals surface area contributed by atoms with Crippen molar-refractivity contribution in [1.82, 2.24) is 14.4 Å². The Bertz CT molecular complexity index is 1170. The van der Waals surface area contributed by atoms with Gasteiger partial charge in [0.05, 0.1) is 16.6 Å². The van der Waals surface area contributed by atoms with Crippen LogP contribution in [-0.4, -0.2) is 8.97 Å². The highest BCUT2D eigenvalue weighted by Gasteiger charge is 2.16. The predicted molar refractivity (Wildman–Crippen MR) is 102 cm³/mol. The first-order valence-electron chi connectivity index (χ1n) is 7.50. The van der Waals surface area contributed by atoms with Gasteiger partial charge in [0.1, 0.15) is 6.67 Å². The second-order valence-corrected chi connectivity index (χ2v) is 6.65.